The number of aliphatic hydroxyl groups is 1. The van der Waals surface area contributed by atoms with Crippen molar-refractivity contribution in [1.82, 2.24) is 9.97 Å². The predicted molar refractivity (Wildman–Crippen MR) is 78.6 cm³/mol. The summed E-state index contributed by atoms with van der Waals surface area (Å²) in [5.74, 6) is 0.772. The zero-order valence-electron chi connectivity index (χ0n) is 11.0. The van der Waals surface area contributed by atoms with Crippen LogP contribution >= 0.6 is 11.6 Å². The highest BCUT2D eigenvalue weighted by atomic mass is 35.5. The molecule has 0 aliphatic heterocycles. The third-order valence-corrected chi connectivity index (χ3v) is 3.86. The van der Waals surface area contributed by atoms with E-state index in [0.717, 1.165) is 18.4 Å². The Hall–Kier alpha value is -1.65. The molecule has 0 radical (unpaired) electrons. The van der Waals surface area contributed by atoms with Gasteiger partial charge in [0.1, 0.15) is 5.60 Å². The molecule has 1 aliphatic rings. The Morgan fingerprint density at radius 2 is 1.85 bits per heavy atom. The van der Waals surface area contributed by atoms with Crippen LogP contribution in [0, 0.1) is 5.92 Å². The standard InChI is InChI=1S/C15H16ClN3O/c16-13-8-17-14(18-9-13)19-10-15(20,12-6-7-12)11-4-2-1-3-5-11/h1-5,8-9,12,20H,6-7,10H2,(H,17,18,19). The van der Waals surface area contributed by atoms with Crippen molar-refractivity contribution in [2.45, 2.75) is 18.4 Å². The average Bonchev–Trinajstić information content (AvgIpc) is 3.32. The van der Waals surface area contributed by atoms with Gasteiger partial charge in [0.2, 0.25) is 5.95 Å². The Morgan fingerprint density at radius 3 is 2.45 bits per heavy atom. The summed E-state index contributed by atoms with van der Waals surface area (Å²) in [6, 6.07) is 9.76. The summed E-state index contributed by atoms with van der Waals surface area (Å²) in [6.45, 7) is 0.392. The van der Waals surface area contributed by atoms with Crippen LogP contribution in [0.1, 0.15) is 18.4 Å². The summed E-state index contributed by atoms with van der Waals surface area (Å²) in [7, 11) is 0. The Morgan fingerprint density at radius 1 is 1.20 bits per heavy atom. The van der Waals surface area contributed by atoms with Gasteiger partial charge in [0.05, 0.1) is 24.0 Å². The summed E-state index contributed by atoms with van der Waals surface area (Å²) in [4.78, 5) is 8.18. The quantitative estimate of drug-likeness (QED) is 0.889. The van der Waals surface area contributed by atoms with Gasteiger partial charge in [-0.15, -0.1) is 0 Å². The molecule has 104 valence electrons. The molecule has 0 saturated heterocycles. The molecule has 0 bridgehead atoms. The monoisotopic (exact) mass is 289 g/mol. The van der Waals surface area contributed by atoms with E-state index in [2.05, 4.69) is 15.3 Å². The van der Waals surface area contributed by atoms with Crippen LogP contribution in [-0.2, 0) is 5.60 Å². The van der Waals surface area contributed by atoms with Gasteiger partial charge in [-0.2, -0.15) is 0 Å². The van der Waals surface area contributed by atoms with E-state index in [1.165, 1.54) is 12.4 Å². The van der Waals surface area contributed by atoms with E-state index >= 15 is 0 Å². The molecule has 0 amide bonds. The lowest BCUT2D eigenvalue weighted by Crippen LogP contribution is -2.36. The molecule has 1 heterocycles. The second-order valence-electron chi connectivity index (χ2n) is 5.14. The first kappa shape index (κ1) is 13.3. The number of rotatable bonds is 5. The van der Waals surface area contributed by atoms with Crippen molar-refractivity contribution in [3.8, 4) is 0 Å². The van der Waals surface area contributed by atoms with E-state index in [9.17, 15) is 5.11 Å². The van der Waals surface area contributed by atoms with Gasteiger partial charge in [-0.25, -0.2) is 9.97 Å². The fourth-order valence-electron chi connectivity index (χ4n) is 2.39. The molecule has 20 heavy (non-hydrogen) atoms. The minimum Gasteiger partial charge on any atom is -0.383 e. The van der Waals surface area contributed by atoms with Gasteiger partial charge in [-0.05, 0) is 24.3 Å². The van der Waals surface area contributed by atoms with Crippen LogP contribution in [0.25, 0.3) is 0 Å². The van der Waals surface area contributed by atoms with Gasteiger partial charge < -0.3 is 10.4 Å². The fraction of sp³-hybridized carbons (Fsp3) is 0.333. The van der Waals surface area contributed by atoms with Crippen LogP contribution in [0.2, 0.25) is 5.02 Å². The van der Waals surface area contributed by atoms with Gasteiger partial charge in [0.25, 0.3) is 0 Å². The van der Waals surface area contributed by atoms with E-state index < -0.39 is 5.60 Å². The summed E-state index contributed by atoms with van der Waals surface area (Å²) in [5, 5.41) is 14.6. The Bertz CT molecular complexity index is 571. The third kappa shape index (κ3) is 2.76. The molecule has 1 aliphatic carbocycles. The highest BCUT2D eigenvalue weighted by Crippen LogP contribution is 2.45. The van der Waals surface area contributed by atoms with E-state index in [4.69, 9.17) is 11.6 Å². The summed E-state index contributed by atoms with van der Waals surface area (Å²) in [5.41, 5.74) is 0.0634. The third-order valence-electron chi connectivity index (χ3n) is 3.66. The maximum Gasteiger partial charge on any atom is 0.222 e. The number of hydrogen-bond donors (Lipinski definition) is 2. The molecule has 1 aromatic carbocycles. The van der Waals surface area contributed by atoms with E-state index in [1.54, 1.807) is 0 Å². The number of aromatic nitrogens is 2. The number of nitrogens with one attached hydrogen (secondary N) is 1. The van der Waals surface area contributed by atoms with Crippen molar-refractivity contribution in [3.63, 3.8) is 0 Å². The van der Waals surface area contributed by atoms with Crippen molar-refractivity contribution >= 4 is 17.5 Å². The Balaban J connectivity index is 1.76. The van der Waals surface area contributed by atoms with Gasteiger partial charge in [0.15, 0.2) is 0 Å². The average molecular weight is 290 g/mol. The molecular weight excluding hydrogens is 274 g/mol. The second-order valence-corrected chi connectivity index (χ2v) is 5.58. The zero-order chi connectivity index (χ0) is 14.0. The van der Waals surface area contributed by atoms with Crippen molar-refractivity contribution in [3.05, 3.63) is 53.3 Å². The zero-order valence-corrected chi connectivity index (χ0v) is 11.7. The van der Waals surface area contributed by atoms with Crippen LogP contribution in [0.3, 0.4) is 0 Å². The van der Waals surface area contributed by atoms with Crippen molar-refractivity contribution < 1.29 is 5.11 Å². The molecular formula is C15H16ClN3O. The number of hydrogen-bond acceptors (Lipinski definition) is 4. The first-order valence-corrected chi connectivity index (χ1v) is 7.05. The van der Waals surface area contributed by atoms with Crippen LogP contribution < -0.4 is 5.32 Å². The lowest BCUT2D eigenvalue weighted by Gasteiger charge is -2.29. The predicted octanol–water partition coefficient (Wildman–Crippen LogP) is 2.84. The smallest absolute Gasteiger partial charge is 0.222 e. The lowest BCUT2D eigenvalue weighted by atomic mass is 9.89. The van der Waals surface area contributed by atoms with Crippen LogP contribution in [-0.4, -0.2) is 21.6 Å². The number of halogens is 1. The molecule has 1 aromatic heterocycles. The summed E-state index contributed by atoms with van der Waals surface area (Å²) in [6.07, 6.45) is 5.17. The number of anilines is 1. The van der Waals surface area contributed by atoms with Crippen molar-refractivity contribution in [1.29, 1.82) is 0 Å². The van der Waals surface area contributed by atoms with Crippen LogP contribution in [0.5, 0.6) is 0 Å². The van der Waals surface area contributed by atoms with Crippen molar-refractivity contribution in [2.75, 3.05) is 11.9 Å². The Kier molecular flexibility index (Phi) is 3.59. The molecule has 1 atom stereocenters. The normalized spacial score (nSPS) is 17.5. The topological polar surface area (TPSA) is 58.0 Å². The number of nitrogens with zero attached hydrogens (tertiary/aromatic N) is 2. The van der Waals surface area contributed by atoms with Gasteiger partial charge in [0, 0.05) is 0 Å². The largest absolute Gasteiger partial charge is 0.383 e. The van der Waals surface area contributed by atoms with Gasteiger partial charge >= 0.3 is 0 Å². The maximum absolute atomic E-state index is 11.0. The van der Waals surface area contributed by atoms with Crippen molar-refractivity contribution in [2.24, 2.45) is 5.92 Å². The molecule has 2 N–H and O–H groups in total. The maximum atomic E-state index is 11.0. The Labute approximate surface area is 122 Å². The molecule has 1 unspecified atom stereocenters. The van der Waals surface area contributed by atoms with Crippen LogP contribution in [0.15, 0.2) is 42.7 Å². The van der Waals surface area contributed by atoms with E-state index in [-0.39, 0.29) is 0 Å². The molecule has 4 nitrogen and oxygen atoms in total. The highest BCUT2D eigenvalue weighted by Gasteiger charge is 2.44. The minimum atomic E-state index is -0.871. The molecule has 0 spiro atoms. The van der Waals surface area contributed by atoms with Gasteiger partial charge in [-0.3, -0.25) is 0 Å². The fourth-order valence-corrected chi connectivity index (χ4v) is 2.48. The molecule has 3 rings (SSSR count). The molecule has 1 saturated carbocycles. The molecule has 5 heteroatoms. The highest BCUT2D eigenvalue weighted by molar-refractivity contribution is 6.30. The SMILES string of the molecule is OC(CNc1ncc(Cl)cn1)(c1ccccc1)C1CC1. The number of benzene rings is 1. The lowest BCUT2D eigenvalue weighted by molar-refractivity contribution is 0.0264. The van der Waals surface area contributed by atoms with Crippen LogP contribution in [0.4, 0.5) is 5.95 Å². The van der Waals surface area contributed by atoms with Gasteiger partial charge in [-0.1, -0.05) is 41.9 Å². The molecule has 2 aromatic rings. The first-order chi connectivity index (χ1) is 9.68. The summed E-state index contributed by atoms with van der Waals surface area (Å²) >= 11 is 5.76. The summed E-state index contributed by atoms with van der Waals surface area (Å²) < 4.78 is 0. The first-order valence-electron chi connectivity index (χ1n) is 6.68. The second kappa shape index (κ2) is 5.38. The minimum absolute atomic E-state index is 0.296. The molecule has 1 fully saturated rings. The van der Waals surface area contributed by atoms with E-state index in [1.807, 2.05) is 30.3 Å². The van der Waals surface area contributed by atoms with E-state index in [0.29, 0.717) is 23.4 Å².